The van der Waals surface area contributed by atoms with E-state index < -0.39 is 0 Å². The first-order valence-corrected chi connectivity index (χ1v) is 9.61. The van der Waals surface area contributed by atoms with Crippen molar-refractivity contribution in [2.45, 2.75) is 25.8 Å². The van der Waals surface area contributed by atoms with Gasteiger partial charge in [0.15, 0.2) is 0 Å². The molecule has 0 spiro atoms. The van der Waals surface area contributed by atoms with Crippen LogP contribution in [-0.4, -0.2) is 23.0 Å². The summed E-state index contributed by atoms with van der Waals surface area (Å²) in [5.74, 6) is 1.38. The van der Waals surface area contributed by atoms with Crippen molar-refractivity contribution in [2.75, 3.05) is 13.1 Å². The molecule has 1 aromatic heterocycles. The minimum atomic E-state index is 0.601. The first-order valence-electron chi connectivity index (χ1n) is 9.23. The van der Waals surface area contributed by atoms with Crippen molar-refractivity contribution in [3.8, 4) is 11.5 Å². The maximum atomic E-state index is 6.23. The summed E-state index contributed by atoms with van der Waals surface area (Å²) < 4.78 is 5.65. The van der Waals surface area contributed by atoms with Gasteiger partial charge in [-0.25, -0.2) is 4.98 Å². The van der Waals surface area contributed by atoms with Crippen LogP contribution < -0.4 is 0 Å². The summed E-state index contributed by atoms with van der Waals surface area (Å²) in [6, 6.07) is 18.5. The predicted molar refractivity (Wildman–Crippen MR) is 105 cm³/mol. The largest absolute Gasteiger partial charge is 0.444 e. The van der Waals surface area contributed by atoms with Crippen LogP contribution in [0.15, 0.2) is 65.3 Å². The van der Waals surface area contributed by atoms with E-state index in [9.17, 15) is 0 Å². The number of aromatic nitrogens is 1. The van der Waals surface area contributed by atoms with Gasteiger partial charge in [-0.1, -0.05) is 54.1 Å². The Balaban J connectivity index is 1.32. The fourth-order valence-electron chi connectivity index (χ4n) is 3.66. The SMILES string of the molecule is Clc1ccccc1-c1nc(CN2CCC(Cc3ccccc3)CC2)co1. The van der Waals surface area contributed by atoms with Crippen molar-refractivity contribution >= 4 is 11.6 Å². The van der Waals surface area contributed by atoms with E-state index in [-0.39, 0.29) is 0 Å². The summed E-state index contributed by atoms with van der Waals surface area (Å²) in [6.07, 6.45) is 5.43. The van der Waals surface area contributed by atoms with Crippen LogP contribution in [0.4, 0.5) is 0 Å². The highest BCUT2D eigenvalue weighted by molar-refractivity contribution is 6.33. The normalized spacial score (nSPS) is 16.0. The van der Waals surface area contributed by atoms with Crippen LogP contribution in [0, 0.1) is 5.92 Å². The molecule has 26 heavy (non-hydrogen) atoms. The van der Waals surface area contributed by atoms with Gasteiger partial charge in [0.2, 0.25) is 5.89 Å². The standard InChI is InChI=1S/C22H23ClN2O/c23-21-9-5-4-8-20(21)22-24-19(16-26-22)15-25-12-10-18(11-13-25)14-17-6-2-1-3-7-17/h1-9,16,18H,10-15H2. The van der Waals surface area contributed by atoms with Crippen LogP contribution in [0.25, 0.3) is 11.5 Å². The smallest absolute Gasteiger partial charge is 0.227 e. The Hall–Kier alpha value is -2.10. The van der Waals surface area contributed by atoms with Gasteiger partial charge >= 0.3 is 0 Å². The molecule has 4 heteroatoms. The second-order valence-corrected chi connectivity index (χ2v) is 7.44. The third kappa shape index (κ3) is 4.17. The Morgan fingerprint density at radius 1 is 1.00 bits per heavy atom. The Morgan fingerprint density at radius 2 is 1.73 bits per heavy atom. The van der Waals surface area contributed by atoms with Gasteiger partial charge in [-0.3, -0.25) is 4.90 Å². The van der Waals surface area contributed by atoms with E-state index in [1.54, 1.807) is 6.26 Å². The van der Waals surface area contributed by atoms with Gasteiger partial charge in [-0.2, -0.15) is 0 Å². The van der Waals surface area contributed by atoms with Crippen molar-refractivity contribution in [1.82, 2.24) is 9.88 Å². The van der Waals surface area contributed by atoms with E-state index in [4.69, 9.17) is 16.0 Å². The Morgan fingerprint density at radius 3 is 2.50 bits per heavy atom. The molecule has 3 nitrogen and oxygen atoms in total. The minimum Gasteiger partial charge on any atom is -0.444 e. The van der Waals surface area contributed by atoms with Crippen molar-refractivity contribution in [3.63, 3.8) is 0 Å². The second kappa shape index (κ2) is 8.07. The van der Waals surface area contributed by atoms with E-state index in [1.165, 1.54) is 24.8 Å². The molecule has 4 rings (SSSR count). The topological polar surface area (TPSA) is 29.3 Å². The lowest BCUT2D eigenvalue weighted by Crippen LogP contribution is -2.33. The summed E-state index contributed by atoms with van der Waals surface area (Å²) in [7, 11) is 0. The zero-order valence-electron chi connectivity index (χ0n) is 14.8. The summed E-state index contributed by atoms with van der Waals surface area (Å²) in [5.41, 5.74) is 3.27. The van der Waals surface area contributed by atoms with E-state index >= 15 is 0 Å². The summed E-state index contributed by atoms with van der Waals surface area (Å²) in [4.78, 5) is 7.10. The highest BCUT2D eigenvalue weighted by Crippen LogP contribution is 2.28. The molecule has 1 aliphatic rings. The first-order chi connectivity index (χ1) is 12.8. The lowest BCUT2D eigenvalue weighted by Gasteiger charge is -2.31. The molecule has 1 fully saturated rings. The molecule has 1 aliphatic heterocycles. The van der Waals surface area contributed by atoms with Gasteiger partial charge in [-0.05, 0) is 56.0 Å². The lowest BCUT2D eigenvalue weighted by molar-refractivity contribution is 0.175. The number of piperidine rings is 1. The van der Waals surface area contributed by atoms with E-state index in [2.05, 4.69) is 40.2 Å². The van der Waals surface area contributed by atoms with Gasteiger partial charge in [0.05, 0.1) is 16.3 Å². The summed E-state index contributed by atoms with van der Waals surface area (Å²) in [5, 5.41) is 0.669. The number of hydrogen-bond acceptors (Lipinski definition) is 3. The Labute approximate surface area is 159 Å². The van der Waals surface area contributed by atoms with Gasteiger partial charge in [-0.15, -0.1) is 0 Å². The molecule has 0 saturated carbocycles. The Kier molecular flexibility index (Phi) is 5.37. The number of benzene rings is 2. The van der Waals surface area contributed by atoms with Gasteiger partial charge in [0.1, 0.15) is 6.26 Å². The molecular formula is C22H23ClN2O. The number of likely N-dealkylation sites (tertiary alicyclic amines) is 1. The van der Waals surface area contributed by atoms with Crippen molar-refractivity contribution < 1.29 is 4.42 Å². The maximum absolute atomic E-state index is 6.23. The third-order valence-electron chi connectivity index (χ3n) is 5.12. The zero-order chi connectivity index (χ0) is 17.8. The molecular weight excluding hydrogens is 344 g/mol. The fraction of sp³-hybridized carbons (Fsp3) is 0.318. The molecule has 2 heterocycles. The van der Waals surface area contributed by atoms with Gasteiger partial charge in [0, 0.05) is 6.54 Å². The fourth-order valence-corrected chi connectivity index (χ4v) is 3.88. The van der Waals surface area contributed by atoms with Crippen molar-refractivity contribution in [1.29, 1.82) is 0 Å². The van der Waals surface area contributed by atoms with Crippen LogP contribution in [0.1, 0.15) is 24.1 Å². The highest BCUT2D eigenvalue weighted by atomic mass is 35.5. The average Bonchev–Trinajstić information content (AvgIpc) is 3.13. The minimum absolute atomic E-state index is 0.601. The van der Waals surface area contributed by atoms with E-state index in [0.717, 1.165) is 36.8 Å². The highest BCUT2D eigenvalue weighted by Gasteiger charge is 2.20. The zero-order valence-corrected chi connectivity index (χ0v) is 15.5. The van der Waals surface area contributed by atoms with Crippen LogP contribution in [0.2, 0.25) is 5.02 Å². The van der Waals surface area contributed by atoms with Crippen molar-refractivity contribution in [2.24, 2.45) is 5.92 Å². The molecule has 0 N–H and O–H groups in total. The quantitative estimate of drug-likeness (QED) is 0.601. The maximum Gasteiger partial charge on any atom is 0.227 e. The molecule has 0 unspecified atom stereocenters. The number of rotatable bonds is 5. The summed E-state index contributed by atoms with van der Waals surface area (Å²) in [6.45, 7) is 3.07. The molecule has 0 amide bonds. The molecule has 3 aromatic rings. The van der Waals surface area contributed by atoms with Crippen LogP contribution in [-0.2, 0) is 13.0 Å². The van der Waals surface area contributed by atoms with Crippen LogP contribution >= 0.6 is 11.6 Å². The van der Waals surface area contributed by atoms with Crippen LogP contribution in [0.3, 0.4) is 0 Å². The van der Waals surface area contributed by atoms with Gasteiger partial charge < -0.3 is 4.42 Å². The van der Waals surface area contributed by atoms with E-state index in [0.29, 0.717) is 10.9 Å². The number of oxazole rings is 1. The molecule has 134 valence electrons. The molecule has 0 atom stereocenters. The molecule has 0 aliphatic carbocycles. The summed E-state index contributed by atoms with van der Waals surface area (Å²) >= 11 is 6.23. The third-order valence-corrected chi connectivity index (χ3v) is 5.45. The molecule has 0 bridgehead atoms. The van der Waals surface area contributed by atoms with Crippen LogP contribution in [0.5, 0.6) is 0 Å². The Bertz CT molecular complexity index is 838. The molecule has 2 aromatic carbocycles. The average molecular weight is 367 g/mol. The number of hydrogen-bond donors (Lipinski definition) is 0. The van der Waals surface area contributed by atoms with Crippen molar-refractivity contribution in [3.05, 3.63) is 77.1 Å². The van der Waals surface area contributed by atoms with E-state index in [1.807, 2.05) is 24.3 Å². The molecule has 1 saturated heterocycles. The predicted octanol–water partition coefficient (Wildman–Crippen LogP) is 5.45. The second-order valence-electron chi connectivity index (χ2n) is 7.03. The van der Waals surface area contributed by atoms with Gasteiger partial charge in [0.25, 0.3) is 0 Å². The number of halogens is 1. The molecule has 0 radical (unpaired) electrons. The lowest BCUT2D eigenvalue weighted by atomic mass is 9.90. The monoisotopic (exact) mass is 366 g/mol. The number of nitrogens with zero attached hydrogens (tertiary/aromatic N) is 2. The first kappa shape index (κ1) is 17.3.